The second-order valence-corrected chi connectivity index (χ2v) is 7.45. The number of pyridine rings is 1. The summed E-state index contributed by atoms with van der Waals surface area (Å²) in [4.78, 5) is 36.2. The fraction of sp³-hybridized carbons (Fsp3) is 0.174. The number of urea groups is 1. The normalized spacial score (nSPS) is 12.0. The van der Waals surface area contributed by atoms with Crippen LogP contribution in [0.25, 0.3) is 11.1 Å². The number of rotatable bonds is 7. The number of carbonyl (C=O) groups excluding carboxylic acids is 1. The number of halogens is 3. The Labute approximate surface area is 196 Å². The number of hydrogen-bond donors (Lipinski definition) is 4. The number of carboxylic acid groups (broad SMARTS) is 1. The summed E-state index contributed by atoms with van der Waals surface area (Å²) >= 11 is 0. The van der Waals surface area contributed by atoms with Crippen molar-refractivity contribution in [1.82, 2.24) is 9.88 Å². The summed E-state index contributed by atoms with van der Waals surface area (Å²) in [5, 5.41) is 23.7. The number of aromatic nitrogens is 1. The number of carboxylic acids is 1. The van der Waals surface area contributed by atoms with Gasteiger partial charge in [-0.2, -0.15) is 0 Å². The van der Waals surface area contributed by atoms with Gasteiger partial charge in [-0.05, 0) is 41.0 Å². The molecule has 0 bridgehead atoms. The molecular weight excluding hydrogens is 471 g/mol. The topological polar surface area (TPSA) is 130 Å². The van der Waals surface area contributed by atoms with Crippen molar-refractivity contribution in [3.63, 3.8) is 0 Å². The molecule has 0 radical (unpaired) electrons. The molecule has 1 heterocycles. The molecule has 0 aliphatic carbocycles. The van der Waals surface area contributed by atoms with Crippen molar-refractivity contribution >= 4 is 17.7 Å². The van der Waals surface area contributed by atoms with E-state index < -0.39 is 53.6 Å². The second-order valence-electron chi connectivity index (χ2n) is 7.45. The van der Waals surface area contributed by atoms with Crippen molar-refractivity contribution in [3.05, 3.63) is 76.7 Å². The van der Waals surface area contributed by atoms with Crippen LogP contribution in [-0.4, -0.2) is 33.1 Å². The molecule has 35 heavy (non-hydrogen) atoms. The summed E-state index contributed by atoms with van der Waals surface area (Å²) < 4.78 is 43.9. The summed E-state index contributed by atoms with van der Waals surface area (Å²) in [6.07, 6.45) is -4.44. The molecule has 12 heteroatoms. The zero-order valence-corrected chi connectivity index (χ0v) is 18.2. The molecule has 3 rings (SSSR count). The van der Waals surface area contributed by atoms with Crippen molar-refractivity contribution in [3.8, 4) is 22.6 Å². The fourth-order valence-electron chi connectivity index (χ4n) is 3.28. The van der Waals surface area contributed by atoms with Gasteiger partial charge in [-0.15, -0.1) is 13.2 Å². The lowest BCUT2D eigenvalue weighted by Crippen LogP contribution is -2.36. The van der Waals surface area contributed by atoms with Crippen molar-refractivity contribution in [1.29, 1.82) is 0 Å². The van der Waals surface area contributed by atoms with E-state index in [1.165, 1.54) is 19.3 Å². The molecule has 0 spiro atoms. The van der Waals surface area contributed by atoms with Crippen LogP contribution in [0.2, 0.25) is 0 Å². The number of aryl methyl sites for hydroxylation is 1. The minimum atomic E-state index is -5.01. The molecule has 0 aliphatic rings. The van der Waals surface area contributed by atoms with Gasteiger partial charge in [0.05, 0.1) is 12.5 Å². The fourth-order valence-corrected chi connectivity index (χ4v) is 3.28. The van der Waals surface area contributed by atoms with Crippen LogP contribution < -0.4 is 20.9 Å². The lowest BCUT2D eigenvalue weighted by atomic mass is 9.97. The molecule has 0 saturated heterocycles. The van der Waals surface area contributed by atoms with Gasteiger partial charge in [-0.1, -0.05) is 30.3 Å². The van der Waals surface area contributed by atoms with E-state index in [0.717, 1.165) is 22.8 Å². The maximum Gasteiger partial charge on any atom is 0.573 e. The third-order valence-electron chi connectivity index (χ3n) is 4.84. The standard InChI is InChI=1S/C23H20F3N3O6/c1-29-8-7-18(30)20(21(29)33)28-22(34)27-17(12-19(31)32)15-9-14(13-5-3-2-4-6-13)10-16(11-15)35-23(24,25)26/h2-11,17,30H,12H2,1H3,(H,31,32)(H2,27,28,34). The molecule has 2 aromatic carbocycles. The van der Waals surface area contributed by atoms with E-state index in [1.54, 1.807) is 30.3 Å². The van der Waals surface area contributed by atoms with Crippen LogP contribution in [0.4, 0.5) is 23.7 Å². The number of ether oxygens (including phenoxy) is 1. The van der Waals surface area contributed by atoms with Crippen molar-refractivity contribution < 1.29 is 37.7 Å². The minimum Gasteiger partial charge on any atom is -0.505 e. The first-order chi connectivity index (χ1) is 16.4. The highest BCUT2D eigenvalue weighted by molar-refractivity contribution is 5.91. The van der Waals surface area contributed by atoms with Crippen molar-refractivity contribution in [2.24, 2.45) is 7.05 Å². The predicted molar refractivity (Wildman–Crippen MR) is 119 cm³/mol. The summed E-state index contributed by atoms with van der Waals surface area (Å²) in [5.74, 6) is -2.48. The number of benzene rings is 2. The van der Waals surface area contributed by atoms with Crippen molar-refractivity contribution in [2.45, 2.75) is 18.8 Å². The highest BCUT2D eigenvalue weighted by atomic mass is 19.4. The summed E-state index contributed by atoms with van der Waals surface area (Å²) in [6.45, 7) is 0. The van der Waals surface area contributed by atoms with Crippen LogP contribution in [0, 0.1) is 0 Å². The molecule has 9 nitrogen and oxygen atoms in total. The van der Waals surface area contributed by atoms with E-state index in [1.807, 2.05) is 0 Å². The SMILES string of the molecule is Cn1ccc(O)c(NC(=O)NC(CC(=O)O)c2cc(OC(F)(F)F)cc(-c3ccccc3)c2)c1=O. The zero-order chi connectivity index (χ0) is 25.8. The Morgan fingerprint density at radius 1 is 1.09 bits per heavy atom. The predicted octanol–water partition coefficient (Wildman–Crippen LogP) is 3.99. The third-order valence-corrected chi connectivity index (χ3v) is 4.84. The van der Waals surface area contributed by atoms with Gasteiger partial charge in [0.2, 0.25) is 0 Å². The Morgan fingerprint density at radius 3 is 2.40 bits per heavy atom. The lowest BCUT2D eigenvalue weighted by Gasteiger charge is -2.20. The number of anilines is 1. The quantitative estimate of drug-likeness (QED) is 0.396. The van der Waals surface area contributed by atoms with Gasteiger partial charge in [-0.3, -0.25) is 9.59 Å². The van der Waals surface area contributed by atoms with E-state index in [0.29, 0.717) is 5.56 Å². The van der Waals surface area contributed by atoms with Gasteiger partial charge in [0.15, 0.2) is 5.69 Å². The van der Waals surface area contributed by atoms with Crippen LogP contribution in [0.1, 0.15) is 18.0 Å². The van der Waals surface area contributed by atoms with Gasteiger partial charge in [0.25, 0.3) is 5.56 Å². The monoisotopic (exact) mass is 491 g/mol. The number of aromatic hydroxyl groups is 1. The molecule has 1 aromatic heterocycles. The third kappa shape index (κ3) is 6.76. The van der Waals surface area contributed by atoms with Gasteiger partial charge in [0.1, 0.15) is 11.5 Å². The molecule has 0 saturated carbocycles. The first kappa shape index (κ1) is 25.1. The maximum absolute atomic E-state index is 12.9. The number of amides is 2. The Kier molecular flexibility index (Phi) is 7.33. The highest BCUT2D eigenvalue weighted by Crippen LogP contribution is 2.33. The van der Waals surface area contributed by atoms with E-state index in [2.05, 4.69) is 15.4 Å². The van der Waals surface area contributed by atoms with E-state index in [4.69, 9.17) is 0 Å². The number of nitrogens with one attached hydrogen (secondary N) is 2. The van der Waals surface area contributed by atoms with Gasteiger partial charge < -0.3 is 30.2 Å². The first-order valence-electron chi connectivity index (χ1n) is 10.1. The van der Waals surface area contributed by atoms with Gasteiger partial charge in [-0.25, -0.2) is 4.79 Å². The molecule has 0 aliphatic heterocycles. The molecule has 184 valence electrons. The van der Waals surface area contributed by atoms with Crippen LogP contribution >= 0.6 is 0 Å². The zero-order valence-electron chi connectivity index (χ0n) is 18.2. The summed E-state index contributed by atoms with van der Waals surface area (Å²) in [5.41, 5.74) is -0.372. The van der Waals surface area contributed by atoms with E-state index in [-0.39, 0.29) is 11.1 Å². The Morgan fingerprint density at radius 2 is 1.77 bits per heavy atom. The molecule has 2 amide bonds. The molecule has 0 fully saturated rings. The van der Waals surface area contributed by atoms with E-state index >= 15 is 0 Å². The lowest BCUT2D eigenvalue weighted by molar-refractivity contribution is -0.274. The number of hydrogen-bond acceptors (Lipinski definition) is 5. The average molecular weight is 491 g/mol. The number of carbonyl (C=O) groups is 2. The van der Waals surface area contributed by atoms with E-state index in [9.17, 15) is 37.8 Å². The summed E-state index contributed by atoms with van der Waals surface area (Å²) in [6, 6.07) is 10.6. The Hall–Kier alpha value is -4.48. The Bertz CT molecular complexity index is 1290. The van der Waals surface area contributed by atoms with Crippen LogP contribution in [-0.2, 0) is 11.8 Å². The minimum absolute atomic E-state index is 0.00772. The van der Waals surface area contributed by atoms with Gasteiger partial charge >= 0.3 is 18.4 Å². The van der Waals surface area contributed by atoms with Crippen molar-refractivity contribution in [2.75, 3.05) is 5.32 Å². The molecule has 3 aromatic rings. The molecule has 1 unspecified atom stereocenters. The second kappa shape index (κ2) is 10.2. The maximum atomic E-state index is 12.9. The molecule has 1 atom stereocenters. The number of aliphatic carboxylic acids is 1. The van der Waals surface area contributed by atoms with Crippen LogP contribution in [0.15, 0.2) is 65.6 Å². The van der Waals surface area contributed by atoms with Crippen LogP contribution in [0.3, 0.4) is 0 Å². The number of nitrogens with zero attached hydrogens (tertiary/aromatic N) is 1. The molecule has 4 N–H and O–H groups in total. The highest BCUT2D eigenvalue weighted by Gasteiger charge is 2.32. The van der Waals surface area contributed by atoms with Gasteiger partial charge in [0, 0.05) is 13.2 Å². The molecular formula is C23H20F3N3O6. The van der Waals surface area contributed by atoms with Crippen LogP contribution in [0.5, 0.6) is 11.5 Å². The largest absolute Gasteiger partial charge is 0.573 e. The summed E-state index contributed by atoms with van der Waals surface area (Å²) in [7, 11) is 1.38. The average Bonchev–Trinajstić information content (AvgIpc) is 2.78. The first-order valence-corrected chi connectivity index (χ1v) is 10.1. The smallest absolute Gasteiger partial charge is 0.505 e. The number of alkyl halides is 3. The Balaban J connectivity index is 1.99.